The zero-order valence-electron chi connectivity index (χ0n) is 14.0. The molecule has 0 N–H and O–H groups in total. The van der Waals surface area contributed by atoms with Gasteiger partial charge in [0.2, 0.25) is 5.91 Å². The number of para-hydroxylation sites is 2. The molecule has 1 fully saturated rings. The third-order valence-corrected chi connectivity index (χ3v) is 4.65. The second-order valence-electron chi connectivity index (χ2n) is 6.35. The SMILES string of the molecule is Cc1cc([C@@H]2CCCN2C(=O)CN2C(=O)COc3ccccc32)on1. The predicted molar refractivity (Wildman–Crippen MR) is 89.2 cm³/mol. The minimum Gasteiger partial charge on any atom is -0.482 e. The first kappa shape index (κ1) is 15.7. The van der Waals surface area contributed by atoms with Crippen molar-refractivity contribution in [3.63, 3.8) is 0 Å². The third-order valence-electron chi connectivity index (χ3n) is 4.65. The lowest BCUT2D eigenvalue weighted by atomic mass is 10.1. The number of rotatable bonds is 3. The molecule has 1 aromatic carbocycles. The van der Waals surface area contributed by atoms with Crippen LogP contribution in [0, 0.1) is 6.92 Å². The third kappa shape index (κ3) is 2.86. The van der Waals surface area contributed by atoms with Gasteiger partial charge in [-0.25, -0.2) is 0 Å². The fourth-order valence-electron chi connectivity index (χ4n) is 3.45. The Hall–Kier alpha value is -2.83. The second-order valence-corrected chi connectivity index (χ2v) is 6.35. The van der Waals surface area contributed by atoms with Gasteiger partial charge in [0.25, 0.3) is 5.91 Å². The molecule has 1 aromatic heterocycles. The number of likely N-dealkylation sites (tertiary alicyclic amines) is 1. The maximum absolute atomic E-state index is 12.9. The Kier molecular flexibility index (Phi) is 3.91. The van der Waals surface area contributed by atoms with Crippen LogP contribution in [-0.2, 0) is 9.59 Å². The van der Waals surface area contributed by atoms with Gasteiger partial charge in [-0.05, 0) is 31.9 Å². The summed E-state index contributed by atoms with van der Waals surface area (Å²) in [5, 5.41) is 3.92. The van der Waals surface area contributed by atoms with Gasteiger partial charge in [-0.3, -0.25) is 14.5 Å². The molecule has 0 radical (unpaired) electrons. The zero-order chi connectivity index (χ0) is 17.4. The van der Waals surface area contributed by atoms with Crippen LogP contribution in [0.3, 0.4) is 0 Å². The molecule has 0 aliphatic carbocycles. The van der Waals surface area contributed by atoms with E-state index in [2.05, 4.69) is 5.16 Å². The molecule has 0 spiro atoms. The van der Waals surface area contributed by atoms with E-state index in [-0.39, 0.29) is 31.0 Å². The average molecular weight is 341 g/mol. The molecule has 2 aliphatic heterocycles. The van der Waals surface area contributed by atoms with Crippen molar-refractivity contribution >= 4 is 17.5 Å². The van der Waals surface area contributed by atoms with E-state index in [9.17, 15) is 9.59 Å². The number of amides is 2. The van der Waals surface area contributed by atoms with Crippen LogP contribution in [0.1, 0.15) is 30.3 Å². The van der Waals surface area contributed by atoms with Crippen LogP contribution in [0.25, 0.3) is 0 Å². The molecule has 2 aromatic rings. The van der Waals surface area contributed by atoms with E-state index in [4.69, 9.17) is 9.26 Å². The summed E-state index contributed by atoms with van der Waals surface area (Å²) in [6, 6.07) is 9.02. The quantitative estimate of drug-likeness (QED) is 0.854. The maximum atomic E-state index is 12.9. The number of benzene rings is 1. The minimum atomic E-state index is -0.210. The second kappa shape index (κ2) is 6.23. The Bertz CT molecular complexity index is 816. The van der Waals surface area contributed by atoms with Crippen molar-refractivity contribution in [3.8, 4) is 5.75 Å². The Morgan fingerprint density at radius 2 is 2.20 bits per heavy atom. The van der Waals surface area contributed by atoms with Gasteiger partial charge in [-0.2, -0.15) is 0 Å². The summed E-state index contributed by atoms with van der Waals surface area (Å²) in [6.45, 7) is 2.47. The number of ether oxygens (including phenoxy) is 1. The standard InChI is InChI=1S/C18H19N3O4/c1-12-9-16(25-19-12)14-6-4-8-20(14)17(22)10-21-13-5-2-3-7-15(13)24-11-18(21)23/h2-3,5,7,9,14H,4,6,8,10-11H2,1H3/t14-/m0/s1. The van der Waals surface area contributed by atoms with Gasteiger partial charge < -0.3 is 14.2 Å². The van der Waals surface area contributed by atoms with Crippen LogP contribution in [0.15, 0.2) is 34.9 Å². The molecular weight excluding hydrogens is 322 g/mol. The van der Waals surface area contributed by atoms with E-state index >= 15 is 0 Å². The Labute approximate surface area is 145 Å². The van der Waals surface area contributed by atoms with E-state index in [1.807, 2.05) is 25.1 Å². The monoisotopic (exact) mass is 341 g/mol. The van der Waals surface area contributed by atoms with Gasteiger partial charge in [0, 0.05) is 12.6 Å². The fraction of sp³-hybridized carbons (Fsp3) is 0.389. The molecule has 2 aliphatic rings. The summed E-state index contributed by atoms with van der Waals surface area (Å²) >= 11 is 0. The van der Waals surface area contributed by atoms with E-state index in [0.717, 1.165) is 18.5 Å². The first-order chi connectivity index (χ1) is 12.1. The van der Waals surface area contributed by atoms with Crippen LogP contribution < -0.4 is 9.64 Å². The molecule has 0 unspecified atom stereocenters. The number of anilines is 1. The molecule has 7 nitrogen and oxygen atoms in total. The maximum Gasteiger partial charge on any atom is 0.265 e. The number of aryl methyl sites for hydroxylation is 1. The highest BCUT2D eigenvalue weighted by Crippen LogP contribution is 2.34. The van der Waals surface area contributed by atoms with Crippen molar-refractivity contribution in [2.24, 2.45) is 0 Å². The van der Waals surface area contributed by atoms with Gasteiger partial charge in [-0.1, -0.05) is 17.3 Å². The fourth-order valence-corrected chi connectivity index (χ4v) is 3.45. The number of carbonyl (C=O) groups excluding carboxylic acids is 2. The van der Waals surface area contributed by atoms with Crippen LogP contribution in [0.4, 0.5) is 5.69 Å². The molecule has 2 amide bonds. The number of nitrogens with zero attached hydrogens (tertiary/aromatic N) is 3. The number of hydrogen-bond acceptors (Lipinski definition) is 5. The lowest BCUT2D eigenvalue weighted by molar-refractivity contribution is -0.133. The molecular formula is C18H19N3O4. The van der Waals surface area contributed by atoms with E-state index in [0.29, 0.717) is 23.7 Å². The summed E-state index contributed by atoms with van der Waals surface area (Å²) in [6.07, 6.45) is 1.75. The van der Waals surface area contributed by atoms with Crippen molar-refractivity contribution in [2.75, 3.05) is 24.6 Å². The smallest absolute Gasteiger partial charge is 0.265 e. The van der Waals surface area contributed by atoms with Crippen molar-refractivity contribution < 1.29 is 18.8 Å². The van der Waals surface area contributed by atoms with Gasteiger partial charge in [0.15, 0.2) is 12.4 Å². The van der Waals surface area contributed by atoms with Gasteiger partial charge >= 0.3 is 0 Å². The molecule has 1 atom stereocenters. The lowest BCUT2D eigenvalue weighted by Gasteiger charge is -2.31. The number of hydrogen-bond donors (Lipinski definition) is 0. The number of carbonyl (C=O) groups is 2. The minimum absolute atomic E-state index is 0.00280. The van der Waals surface area contributed by atoms with E-state index in [1.165, 1.54) is 4.90 Å². The van der Waals surface area contributed by atoms with Crippen molar-refractivity contribution in [1.82, 2.24) is 10.1 Å². The first-order valence-corrected chi connectivity index (χ1v) is 8.38. The largest absolute Gasteiger partial charge is 0.482 e. The molecule has 7 heteroatoms. The summed E-state index contributed by atoms with van der Waals surface area (Å²) in [5.41, 5.74) is 1.44. The number of fused-ring (bicyclic) bond motifs is 1. The number of aromatic nitrogens is 1. The average Bonchev–Trinajstić information content (AvgIpc) is 3.26. The topological polar surface area (TPSA) is 75.9 Å². The van der Waals surface area contributed by atoms with Crippen molar-refractivity contribution in [3.05, 3.63) is 41.8 Å². The highest BCUT2D eigenvalue weighted by molar-refractivity contribution is 6.02. The van der Waals surface area contributed by atoms with Gasteiger partial charge in [0.1, 0.15) is 12.3 Å². The van der Waals surface area contributed by atoms with Crippen LogP contribution >= 0.6 is 0 Å². The predicted octanol–water partition coefficient (Wildman–Crippen LogP) is 2.07. The van der Waals surface area contributed by atoms with E-state index < -0.39 is 0 Å². The summed E-state index contributed by atoms with van der Waals surface area (Å²) < 4.78 is 10.8. The lowest BCUT2D eigenvalue weighted by Crippen LogP contribution is -2.46. The van der Waals surface area contributed by atoms with Gasteiger partial charge in [0.05, 0.1) is 17.4 Å². The summed E-state index contributed by atoms with van der Waals surface area (Å²) in [4.78, 5) is 28.4. The first-order valence-electron chi connectivity index (χ1n) is 8.38. The summed E-state index contributed by atoms with van der Waals surface area (Å²) in [5.74, 6) is 1.02. The highest BCUT2D eigenvalue weighted by atomic mass is 16.5. The Morgan fingerprint density at radius 1 is 1.36 bits per heavy atom. The van der Waals surface area contributed by atoms with Gasteiger partial charge in [-0.15, -0.1) is 0 Å². The van der Waals surface area contributed by atoms with Crippen molar-refractivity contribution in [2.45, 2.75) is 25.8 Å². The van der Waals surface area contributed by atoms with Crippen LogP contribution in [0.2, 0.25) is 0 Å². The van der Waals surface area contributed by atoms with Crippen LogP contribution in [0.5, 0.6) is 5.75 Å². The highest BCUT2D eigenvalue weighted by Gasteiger charge is 2.35. The summed E-state index contributed by atoms with van der Waals surface area (Å²) in [7, 11) is 0. The van der Waals surface area contributed by atoms with E-state index in [1.54, 1.807) is 17.0 Å². The Balaban J connectivity index is 1.54. The molecule has 4 rings (SSSR count). The normalized spacial score (nSPS) is 19.7. The van der Waals surface area contributed by atoms with Crippen LogP contribution in [-0.4, -0.2) is 41.6 Å². The molecule has 25 heavy (non-hydrogen) atoms. The molecule has 130 valence electrons. The molecule has 0 bridgehead atoms. The molecule has 1 saturated heterocycles. The van der Waals surface area contributed by atoms with Crippen molar-refractivity contribution in [1.29, 1.82) is 0 Å². The molecule has 0 saturated carbocycles. The zero-order valence-corrected chi connectivity index (χ0v) is 14.0. The Morgan fingerprint density at radius 3 is 3.00 bits per heavy atom. The molecule has 3 heterocycles.